The molecule has 0 aliphatic carbocycles. The number of aliphatic hydroxyl groups is 1. The third-order valence-corrected chi connectivity index (χ3v) is 2.64. The molecule has 1 atom stereocenters. The summed E-state index contributed by atoms with van der Waals surface area (Å²) in [6, 6.07) is 4.61. The Labute approximate surface area is 114 Å². The van der Waals surface area contributed by atoms with Crippen molar-refractivity contribution in [1.29, 1.82) is 0 Å². The van der Waals surface area contributed by atoms with E-state index in [1.165, 1.54) is 12.1 Å². The van der Waals surface area contributed by atoms with Crippen molar-refractivity contribution in [2.75, 3.05) is 4.90 Å². The van der Waals surface area contributed by atoms with Gasteiger partial charge in [-0.15, -0.1) is 0 Å². The summed E-state index contributed by atoms with van der Waals surface area (Å²) < 4.78 is 37.1. The monoisotopic (exact) mass is 291 g/mol. The van der Waals surface area contributed by atoms with Crippen molar-refractivity contribution in [3.63, 3.8) is 0 Å². The fourth-order valence-corrected chi connectivity index (χ4v) is 1.78. The fraction of sp³-hybridized carbons (Fsp3) is 0.462. The molecule has 1 unspecified atom stereocenters. The zero-order chi connectivity index (χ0) is 15.7. The molecule has 0 spiro atoms. The number of hydrogen-bond donors (Lipinski definition) is 2. The topological polar surface area (TPSA) is 60.8 Å². The molecule has 112 valence electrons. The number of aliphatic hydroxyl groups excluding tert-OH is 1. The van der Waals surface area contributed by atoms with Crippen LogP contribution in [0.3, 0.4) is 0 Å². The molecule has 0 fully saturated rings. The summed E-state index contributed by atoms with van der Waals surface area (Å²) >= 11 is 0. The van der Waals surface area contributed by atoms with E-state index in [4.69, 9.17) is 10.2 Å². The van der Waals surface area contributed by atoms with Gasteiger partial charge in [-0.2, -0.15) is 13.2 Å². The van der Waals surface area contributed by atoms with Gasteiger partial charge in [0.1, 0.15) is 0 Å². The normalized spacial score (nSPS) is 13.9. The number of benzene rings is 1. The Morgan fingerprint density at radius 3 is 1.90 bits per heavy atom. The first-order valence-electron chi connectivity index (χ1n) is 5.82. The first-order chi connectivity index (χ1) is 8.94. The maximum absolute atomic E-state index is 12.4. The molecule has 0 aliphatic heterocycles. The van der Waals surface area contributed by atoms with Gasteiger partial charge < -0.3 is 10.2 Å². The maximum Gasteiger partial charge on any atom is 0.418 e. The second kappa shape index (κ2) is 5.32. The van der Waals surface area contributed by atoms with Gasteiger partial charge in [0, 0.05) is 11.2 Å². The SMILES string of the molecule is CC(C)(C)N(C(=O)O)c1ccc(C(O)C(F)(F)F)cc1. The first kappa shape index (κ1) is 16.3. The van der Waals surface area contributed by atoms with Crippen molar-refractivity contribution in [3.8, 4) is 0 Å². The molecule has 0 saturated carbocycles. The van der Waals surface area contributed by atoms with Gasteiger partial charge in [0.2, 0.25) is 0 Å². The zero-order valence-electron chi connectivity index (χ0n) is 11.3. The average molecular weight is 291 g/mol. The second-order valence-corrected chi connectivity index (χ2v) is 5.32. The number of amides is 1. The number of nitrogens with zero attached hydrogens (tertiary/aromatic N) is 1. The van der Waals surface area contributed by atoms with Crippen molar-refractivity contribution in [1.82, 2.24) is 0 Å². The predicted octanol–water partition coefficient (Wildman–Crippen LogP) is 3.57. The summed E-state index contributed by atoms with van der Waals surface area (Å²) in [6.07, 6.45) is -8.54. The Hall–Kier alpha value is -1.76. The van der Waals surface area contributed by atoms with E-state index < -0.39 is 23.9 Å². The molecule has 0 aromatic heterocycles. The van der Waals surface area contributed by atoms with Crippen LogP contribution in [0.4, 0.5) is 23.7 Å². The minimum absolute atomic E-state index is 0.239. The number of halogens is 3. The highest BCUT2D eigenvalue weighted by Crippen LogP contribution is 2.33. The summed E-state index contributed by atoms with van der Waals surface area (Å²) in [6.45, 7) is 5.00. The number of rotatable bonds is 2. The van der Waals surface area contributed by atoms with E-state index in [2.05, 4.69) is 0 Å². The summed E-state index contributed by atoms with van der Waals surface area (Å²) in [5.74, 6) is 0. The second-order valence-electron chi connectivity index (χ2n) is 5.32. The Bertz CT molecular complexity index is 477. The lowest BCUT2D eigenvalue weighted by molar-refractivity contribution is -0.206. The molecule has 0 saturated heterocycles. The molecule has 1 aromatic carbocycles. The zero-order valence-corrected chi connectivity index (χ0v) is 11.3. The van der Waals surface area contributed by atoms with Crippen LogP contribution < -0.4 is 4.90 Å². The van der Waals surface area contributed by atoms with Gasteiger partial charge in [-0.25, -0.2) is 4.79 Å². The van der Waals surface area contributed by atoms with Crippen LogP contribution in [0.25, 0.3) is 0 Å². The van der Waals surface area contributed by atoms with Gasteiger partial charge in [-0.3, -0.25) is 4.90 Å². The fourth-order valence-electron chi connectivity index (χ4n) is 1.78. The highest BCUT2D eigenvalue weighted by molar-refractivity contribution is 5.87. The molecule has 20 heavy (non-hydrogen) atoms. The molecule has 2 N–H and O–H groups in total. The summed E-state index contributed by atoms with van der Waals surface area (Å²) in [4.78, 5) is 12.3. The van der Waals surface area contributed by atoms with Crippen LogP contribution >= 0.6 is 0 Å². The van der Waals surface area contributed by atoms with Crippen LogP contribution in [0.15, 0.2) is 24.3 Å². The van der Waals surface area contributed by atoms with Gasteiger partial charge in [-0.05, 0) is 38.5 Å². The average Bonchev–Trinajstić information content (AvgIpc) is 2.25. The molecule has 0 aliphatic rings. The number of anilines is 1. The van der Waals surface area contributed by atoms with E-state index in [1.807, 2.05) is 0 Å². The van der Waals surface area contributed by atoms with E-state index in [9.17, 15) is 18.0 Å². The molecular weight excluding hydrogens is 275 g/mol. The van der Waals surface area contributed by atoms with Crippen LogP contribution in [0.1, 0.15) is 32.4 Å². The number of hydrogen-bond acceptors (Lipinski definition) is 2. The summed E-state index contributed by atoms with van der Waals surface area (Å²) in [5.41, 5.74) is -0.834. The molecule has 0 heterocycles. The third kappa shape index (κ3) is 3.63. The largest absolute Gasteiger partial charge is 0.465 e. The number of carboxylic acid groups (broad SMARTS) is 1. The number of alkyl halides is 3. The Kier molecular flexibility index (Phi) is 4.33. The Morgan fingerprint density at radius 1 is 1.15 bits per heavy atom. The molecular formula is C13H16F3NO3. The van der Waals surface area contributed by atoms with Crippen molar-refractivity contribution >= 4 is 11.8 Å². The molecule has 1 rings (SSSR count). The Morgan fingerprint density at radius 2 is 1.60 bits per heavy atom. The maximum atomic E-state index is 12.4. The minimum Gasteiger partial charge on any atom is -0.465 e. The summed E-state index contributed by atoms with van der Waals surface area (Å²) in [7, 11) is 0. The number of carbonyl (C=O) groups is 1. The van der Waals surface area contributed by atoms with Crippen LogP contribution in [-0.2, 0) is 0 Å². The standard InChI is InChI=1S/C13H16F3NO3/c1-12(2,3)17(11(19)20)9-6-4-8(5-7-9)10(18)13(14,15)16/h4-7,10,18H,1-3H3,(H,19,20). The van der Waals surface area contributed by atoms with Crippen molar-refractivity contribution in [3.05, 3.63) is 29.8 Å². The van der Waals surface area contributed by atoms with Crippen molar-refractivity contribution < 1.29 is 28.2 Å². The predicted molar refractivity (Wildman–Crippen MR) is 67.7 cm³/mol. The van der Waals surface area contributed by atoms with Crippen LogP contribution in [0.2, 0.25) is 0 Å². The highest BCUT2D eigenvalue weighted by Gasteiger charge is 2.39. The third-order valence-electron chi connectivity index (χ3n) is 2.64. The van der Waals surface area contributed by atoms with E-state index in [0.717, 1.165) is 17.0 Å². The van der Waals surface area contributed by atoms with Crippen molar-refractivity contribution in [2.45, 2.75) is 38.6 Å². The smallest absolute Gasteiger partial charge is 0.418 e. The first-order valence-corrected chi connectivity index (χ1v) is 5.82. The molecule has 7 heteroatoms. The lowest BCUT2D eigenvalue weighted by Crippen LogP contribution is -2.45. The highest BCUT2D eigenvalue weighted by atomic mass is 19.4. The molecule has 1 aromatic rings. The Balaban J connectivity index is 3.10. The van der Waals surface area contributed by atoms with Crippen molar-refractivity contribution in [2.24, 2.45) is 0 Å². The van der Waals surface area contributed by atoms with Gasteiger partial charge in [-0.1, -0.05) is 12.1 Å². The molecule has 0 radical (unpaired) electrons. The van der Waals surface area contributed by atoms with E-state index >= 15 is 0 Å². The molecule has 4 nitrogen and oxygen atoms in total. The minimum atomic E-state index is -4.75. The summed E-state index contributed by atoms with van der Waals surface area (Å²) in [5, 5.41) is 18.3. The van der Waals surface area contributed by atoms with E-state index in [1.54, 1.807) is 20.8 Å². The lowest BCUT2D eigenvalue weighted by atomic mass is 10.0. The van der Waals surface area contributed by atoms with E-state index in [0.29, 0.717) is 0 Å². The van der Waals surface area contributed by atoms with Crippen LogP contribution in [0, 0.1) is 0 Å². The quantitative estimate of drug-likeness (QED) is 0.875. The van der Waals surface area contributed by atoms with Gasteiger partial charge in [0.15, 0.2) is 6.10 Å². The van der Waals surface area contributed by atoms with Gasteiger partial charge in [0.05, 0.1) is 0 Å². The van der Waals surface area contributed by atoms with Crippen LogP contribution in [0.5, 0.6) is 0 Å². The lowest BCUT2D eigenvalue weighted by Gasteiger charge is -2.33. The van der Waals surface area contributed by atoms with Crippen LogP contribution in [-0.4, -0.2) is 28.0 Å². The molecule has 1 amide bonds. The van der Waals surface area contributed by atoms with Gasteiger partial charge in [0.25, 0.3) is 0 Å². The van der Waals surface area contributed by atoms with E-state index in [-0.39, 0.29) is 11.3 Å². The van der Waals surface area contributed by atoms with Gasteiger partial charge >= 0.3 is 12.3 Å². The molecule has 0 bridgehead atoms.